The molecule has 2 atom stereocenters. The summed E-state index contributed by atoms with van der Waals surface area (Å²) in [5, 5.41) is 5.21. The Morgan fingerprint density at radius 1 is 0.917 bits per heavy atom. The second-order valence-electron chi connectivity index (χ2n) is 7.92. The zero-order valence-corrected chi connectivity index (χ0v) is 15.9. The first-order chi connectivity index (χ1) is 10.8. The summed E-state index contributed by atoms with van der Waals surface area (Å²) < 4.78 is 5.20. The molecular formula is C17H33N3O4. The van der Waals surface area contributed by atoms with Gasteiger partial charge in [-0.1, -0.05) is 27.7 Å². The zero-order valence-electron chi connectivity index (χ0n) is 15.9. The smallest absolute Gasteiger partial charge is 0.408 e. The van der Waals surface area contributed by atoms with Crippen molar-refractivity contribution >= 4 is 17.9 Å². The molecule has 7 nitrogen and oxygen atoms in total. The Bertz CT molecular complexity index is 442. The second-order valence-corrected chi connectivity index (χ2v) is 7.92. The summed E-state index contributed by atoms with van der Waals surface area (Å²) in [4.78, 5) is 36.0. The van der Waals surface area contributed by atoms with Crippen molar-refractivity contribution in [3.63, 3.8) is 0 Å². The standard InChI is InChI=1S/C17H33N3O4/c1-10(2)8-12(14(18)21)19-15(22)13(9-11(3)4)20-16(23)24-17(5,6)7/h10-13H,8-9H2,1-7H3,(H2,18,21)(H,19,22)(H,20,23)/t12-,13+/m1/s1. The van der Waals surface area contributed by atoms with Crippen molar-refractivity contribution < 1.29 is 19.1 Å². The van der Waals surface area contributed by atoms with E-state index in [9.17, 15) is 14.4 Å². The minimum Gasteiger partial charge on any atom is -0.444 e. The van der Waals surface area contributed by atoms with E-state index in [4.69, 9.17) is 10.5 Å². The highest BCUT2D eigenvalue weighted by Gasteiger charge is 2.28. The first-order valence-electron chi connectivity index (χ1n) is 8.41. The van der Waals surface area contributed by atoms with Crippen LogP contribution in [0, 0.1) is 11.8 Å². The van der Waals surface area contributed by atoms with Crippen LogP contribution in [0.1, 0.15) is 61.3 Å². The fraction of sp³-hybridized carbons (Fsp3) is 0.824. The third kappa shape index (κ3) is 10.1. The topological polar surface area (TPSA) is 111 Å². The highest BCUT2D eigenvalue weighted by atomic mass is 16.6. The summed E-state index contributed by atoms with van der Waals surface area (Å²) in [6.45, 7) is 13.0. The number of alkyl carbamates (subject to hydrolysis) is 1. The molecule has 0 unspecified atom stereocenters. The van der Waals surface area contributed by atoms with Crippen LogP contribution in [-0.2, 0) is 14.3 Å². The summed E-state index contributed by atoms with van der Waals surface area (Å²) in [6.07, 6.45) is 0.211. The van der Waals surface area contributed by atoms with Crippen LogP contribution >= 0.6 is 0 Å². The molecule has 3 amide bonds. The Morgan fingerprint density at radius 2 is 1.38 bits per heavy atom. The van der Waals surface area contributed by atoms with Gasteiger partial charge in [-0.05, 0) is 45.4 Å². The SMILES string of the molecule is CC(C)C[C@H](NC(=O)OC(C)(C)C)C(=O)N[C@H](CC(C)C)C(N)=O. The summed E-state index contributed by atoms with van der Waals surface area (Å²) in [5.74, 6) is -0.644. The van der Waals surface area contributed by atoms with Crippen molar-refractivity contribution in [2.45, 2.75) is 79.0 Å². The van der Waals surface area contributed by atoms with Gasteiger partial charge in [0, 0.05) is 0 Å². The van der Waals surface area contributed by atoms with E-state index in [2.05, 4.69) is 10.6 Å². The van der Waals surface area contributed by atoms with Gasteiger partial charge in [0.2, 0.25) is 11.8 Å². The number of primary amides is 1. The molecular weight excluding hydrogens is 310 g/mol. The lowest BCUT2D eigenvalue weighted by Gasteiger charge is -2.26. The molecule has 0 aliphatic carbocycles. The Kier molecular flexibility index (Phi) is 8.78. The van der Waals surface area contributed by atoms with Gasteiger partial charge in [-0.15, -0.1) is 0 Å². The number of ether oxygens (including phenoxy) is 1. The molecule has 0 fully saturated rings. The number of amides is 3. The lowest BCUT2D eigenvalue weighted by atomic mass is 10.0. The molecule has 24 heavy (non-hydrogen) atoms. The Labute approximate surface area is 145 Å². The van der Waals surface area contributed by atoms with Gasteiger partial charge in [0.1, 0.15) is 17.7 Å². The molecule has 140 valence electrons. The summed E-state index contributed by atoms with van der Waals surface area (Å²) in [6, 6.07) is -1.54. The fourth-order valence-corrected chi connectivity index (χ4v) is 2.14. The largest absolute Gasteiger partial charge is 0.444 e. The molecule has 0 rings (SSSR count). The average molecular weight is 343 g/mol. The third-order valence-electron chi connectivity index (χ3n) is 3.08. The maximum Gasteiger partial charge on any atom is 0.408 e. The van der Waals surface area contributed by atoms with E-state index >= 15 is 0 Å². The predicted molar refractivity (Wildman–Crippen MR) is 93.2 cm³/mol. The molecule has 0 aromatic carbocycles. The maximum absolute atomic E-state index is 12.5. The van der Waals surface area contributed by atoms with E-state index < -0.39 is 35.6 Å². The molecule has 0 radical (unpaired) electrons. The molecule has 0 saturated heterocycles. The van der Waals surface area contributed by atoms with Gasteiger partial charge < -0.3 is 21.1 Å². The van der Waals surface area contributed by atoms with Crippen molar-refractivity contribution in [3.8, 4) is 0 Å². The van der Waals surface area contributed by atoms with Gasteiger partial charge >= 0.3 is 6.09 Å². The van der Waals surface area contributed by atoms with Crippen LogP contribution in [0.2, 0.25) is 0 Å². The van der Waals surface area contributed by atoms with Gasteiger partial charge in [0.05, 0.1) is 0 Å². The number of hydrogen-bond donors (Lipinski definition) is 3. The van der Waals surface area contributed by atoms with Crippen molar-refractivity contribution in [1.82, 2.24) is 10.6 Å². The molecule has 7 heteroatoms. The van der Waals surface area contributed by atoms with E-state index in [0.29, 0.717) is 12.8 Å². The Balaban J connectivity index is 4.98. The lowest BCUT2D eigenvalue weighted by Crippen LogP contribution is -2.54. The summed E-state index contributed by atoms with van der Waals surface area (Å²) in [7, 11) is 0. The highest BCUT2D eigenvalue weighted by Crippen LogP contribution is 2.11. The number of hydrogen-bond acceptors (Lipinski definition) is 4. The molecule has 0 bridgehead atoms. The lowest BCUT2D eigenvalue weighted by molar-refractivity contribution is -0.129. The van der Waals surface area contributed by atoms with Crippen molar-refractivity contribution in [3.05, 3.63) is 0 Å². The molecule has 0 aliphatic rings. The zero-order chi connectivity index (χ0) is 19.1. The van der Waals surface area contributed by atoms with Crippen LogP contribution in [0.15, 0.2) is 0 Å². The van der Waals surface area contributed by atoms with E-state index in [1.54, 1.807) is 20.8 Å². The maximum atomic E-state index is 12.5. The summed E-state index contributed by atoms with van der Waals surface area (Å²) in [5.41, 5.74) is 4.70. The van der Waals surface area contributed by atoms with Crippen LogP contribution in [-0.4, -0.2) is 35.6 Å². The van der Waals surface area contributed by atoms with Crippen LogP contribution in [0.5, 0.6) is 0 Å². The minimum absolute atomic E-state index is 0.174. The molecule has 0 heterocycles. The molecule has 0 saturated carbocycles. The number of rotatable bonds is 8. The van der Waals surface area contributed by atoms with Crippen LogP contribution < -0.4 is 16.4 Å². The number of nitrogens with two attached hydrogens (primary N) is 1. The van der Waals surface area contributed by atoms with Crippen molar-refractivity contribution in [1.29, 1.82) is 0 Å². The normalized spacial score (nSPS) is 14.2. The molecule has 4 N–H and O–H groups in total. The average Bonchev–Trinajstić information content (AvgIpc) is 2.33. The second kappa shape index (κ2) is 9.49. The Hall–Kier alpha value is -1.79. The monoisotopic (exact) mass is 343 g/mol. The fourth-order valence-electron chi connectivity index (χ4n) is 2.14. The van der Waals surface area contributed by atoms with Gasteiger partial charge in [-0.3, -0.25) is 9.59 Å². The van der Waals surface area contributed by atoms with E-state index in [1.165, 1.54) is 0 Å². The first kappa shape index (κ1) is 22.2. The van der Waals surface area contributed by atoms with E-state index in [0.717, 1.165) is 0 Å². The molecule has 0 aromatic heterocycles. The number of carbonyl (C=O) groups is 3. The molecule has 0 aromatic rings. The number of carbonyl (C=O) groups excluding carboxylic acids is 3. The predicted octanol–water partition coefficient (Wildman–Crippen LogP) is 1.94. The Morgan fingerprint density at radius 3 is 1.75 bits per heavy atom. The van der Waals surface area contributed by atoms with Gasteiger partial charge in [0.15, 0.2) is 0 Å². The molecule has 0 spiro atoms. The van der Waals surface area contributed by atoms with Crippen LogP contribution in [0.25, 0.3) is 0 Å². The van der Waals surface area contributed by atoms with Gasteiger partial charge in [-0.2, -0.15) is 0 Å². The van der Waals surface area contributed by atoms with Crippen molar-refractivity contribution in [2.75, 3.05) is 0 Å². The van der Waals surface area contributed by atoms with Crippen LogP contribution in [0.3, 0.4) is 0 Å². The van der Waals surface area contributed by atoms with Gasteiger partial charge in [0.25, 0.3) is 0 Å². The number of nitrogens with one attached hydrogen (secondary N) is 2. The third-order valence-corrected chi connectivity index (χ3v) is 3.08. The molecule has 0 aliphatic heterocycles. The highest BCUT2D eigenvalue weighted by molar-refractivity contribution is 5.90. The van der Waals surface area contributed by atoms with Crippen LogP contribution in [0.4, 0.5) is 4.79 Å². The minimum atomic E-state index is -0.783. The van der Waals surface area contributed by atoms with Crippen molar-refractivity contribution in [2.24, 2.45) is 17.6 Å². The summed E-state index contributed by atoms with van der Waals surface area (Å²) >= 11 is 0. The van der Waals surface area contributed by atoms with E-state index in [-0.39, 0.29) is 11.8 Å². The van der Waals surface area contributed by atoms with Gasteiger partial charge in [-0.25, -0.2) is 4.79 Å². The van der Waals surface area contributed by atoms with E-state index in [1.807, 2.05) is 27.7 Å². The quantitative estimate of drug-likeness (QED) is 0.625. The first-order valence-corrected chi connectivity index (χ1v) is 8.41.